The molecule has 488 valence electrons. The van der Waals surface area contributed by atoms with Crippen LogP contribution < -0.4 is 10.2 Å². The Morgan fingerprint density at radius 1 is 0.424 bits per heavy atom. The predicted octanol–water partition coefficient (Wildman–Crippen LogP) is 21.6. The molecule has 0 aliphatic carbocycles. The van der Waals surface area contributed by atoms with Gasteiger partial charge in [-0.2, -0.15) is 0 Å². The molecule has 0 aromatic heterocycles. The number of hydrogen-bond donors (Lipinski definition) is 1. The van der Waals surface area contributed by atoms with Crippen LogP contribution in [0.5, 0.6) is 0 Å². The molecular formula is C75H131N2O7P. The number of allylic oxidation sites excluding steroid dienone is 19. The van der Waals surface area contributed by atoms with E-state index in [-0.39, 0.29) is 24.9 Å². The Balaban J connectivity index is 5.17. The molecule has 0 saturated carbocycles. The van der Waals surface area contributed by atoms with E-state index in [1.165, 1.54) is 128 Å². The number of esters is 1. The SMILES string of the molecule is CC/C=C\C/C=C\C/C=C\C/C=C\C/C=C\CCCCCCCCCCCCCC(=O)NC(COP(=O)([O-])OCC[N+](C)(C)C)C(/C=C\CCCCCCCCCCCCC)OC(=O)CCCCC/C=C\C/C=C\C/C=C\C/C=C\CCCCC. The van der Waals surface area contributed by atoms with Gasteiger partial charge < -0.3 is 28.5 Å². The van der Waals surface area contributed by atoms with Gasteiger partial charge in [0.05, 0.1) is 33.8 Å². The number of ether oxygens (including phenoxy) is 1. The summed E-state index contributed by atoms with van der Waals surface area (Å²) in [7, 11) is 1.15. The third-order valence-electron chi connectivity index (χ3n) is 14.9. The zero-order valence-corrected chi connectivity index (χ0v) is 56.7. The van der Waals surface area contributed by atoms with Crippen molar-refractivity contribution in [1.29, 1.82) is 0 Å². The van der Waals surface area contributed by atoms with E-state index in [2.05, 4.69) is 135 Å². The number of hydrogen-bond acceptors (Lipinski definition) is 7. The lowest BCUT2D eigenvalue weighted by Crippen LogP contribution is -2.47. The summed E-state index contributed by atoms with van der Waals surface area (Å²) >= 11 is 0. The zero-order valence-electron chi connectivity index (χ0n) is 55.8. The number of quaternary nitrogens is 1. The molecule has 0 aliphatic heterocycles. The summed E-state index contributed by atoms with van der Waals surface area (Å²) in [6.45, 7) is 6.69. The third-order valence-corrected chi connectivity index (χ3v) is 15.8. The number of carbonyl (C=O) groups excluding carboxylic acids is 2. The lowest BCUT2D eigenvalue weighted by atomic mass is 10.0. The Morgan fingerprint density at radius 2 is 0.753 bits per heavy atom. The van der Waals surface area contributed by atoms with Crippen LogP contribution in [0.4, 0.5) is 0 Å². The average molecular weight is 1200 g/mol. The van der Waals surface area contributed by atoms with E-state index in [1.807, 2.05) is 33.3 Å². The van der Waals surface area contributed by atoms with Crippen LogP contribution in [0.25, 0.3) is 0 Å². The fourth-order valence-electron chi connectivity index (χ4n) is 9.53. The average Bonchev–Trinajstić information content (AvgIpc) is 3.53. The van der Waals surface area contributed by atoms with Gasteiger partial charge in [-0.3, -0.25) is 14.2 Å². The normalized spacial score (nSPS) is 14.3. The molecule has 0 aliphatic rings. The molecule has 10 heteroatoms. The van der Waals surface area contributed by atoms with Crippen molar-refractivity contribution < 1.29 is 37.3 Å². The molecule has 0 saturated heterocycles. The van der Waals surface area contributed by atoms with Crippen molar-refractivity contribution in [3.8, 4) is 0 Å². The molecule has 0 heterocycles. The fraction of sp³-hybridized carbons (Fsp3) is 0.707. The van der Waals surface area contributed by atoms with E-state index >= 15 is 0 Å². The van der Waals surface area contributed by atoms with Gasteiger partial charge in [0.1, 0.15) is 19.3 Å². The molecule has 0 fully saturated rings. The largest absolute Gasteiger partial charge is 0.756 e. The van der Waals surface area contributed by atoms with Gasteiger partial charge >= 0.3 is 5.97 Å². The Morgan fingerprint density at radius 3 is 1.16 bits per heavy atom. The predicted molar refractivity (Wildman–Crippen MR) is 367 cm³/mol. The summed E-state index contributed by atoms with van der Waals surface area (Å²) < 4.78 is 30.4. The first kappa shape index (κ1) is 81.4. The van der Waals surface area contributed by atoms with Crippen LogP contribution in [-0.4, -0.2) is 69.4 Å². The minimum Gasteiger partial charge on any atom is -0.756 e. The van der Waals surface area contributed by atoms with Gasteiger partial charge in [-0.15, -0.1) is 0 Å². The number of carbonyl (C=O) groups is 2. The topological polar surface area (TPSA) is 114 Å². The lowest BCUT2D eigenvalue weighted by molar-refractivity contribution is -0.870. The Hall–Kier alpha value is -3.59. The highest BCUT2D eigenvalue weighted by molar-refractivity contribution is 7.45. The summed E-state index contributed by atoms with van der Waals surface area (Å²) in [6.07, 6.45) is 88.9. The second-order valence-corrected chi connectivity index (χ2v) is 25.7. The number of rotatable bonds is 62. The van der Waals surface area contributed by atoms with Crippen LogP contribution >= 0.6 is 7.82 Å². The minimum absolute atomic E-state index is 0.0338. The summed E-state index contributed by atoms with van der Waals surface area (Å²) in [5.74, 6) is -0.582. The van der Waals surface area contributed by atoms with Gasteiger partial charge in [0.2, 0.25) is 5.91 Å². The Bertz CT molecular complexity index is 1870. The van der Waals surface area contributed by atoms with Crippen LogP contribution in [0.2, 0.25) is 0 Å². The maximum absolute atomic E-state index is 13.6. The molecule has 0 radical (unpaired) electrons. The van der Waals surface area contributed by atoms with Gasteiger partial charge in [0.15, 0.2) is 0 Å². The van der Waals surface area contributed by atoms with Gasteiger partial charge in [0.25, 0.3) is 7.82 Å². The number of phosphoric acid groups is 1. The van der Waals surface area contributed by atoms with Crippen molar-refractivity contribution in [1.82, 2.24) is 5.32 Å². The van der Waals surface area contributed by atoms with Gasteiger partial charge in [-0.05, 0) is 122 Å². The molecular weight excluding hydrogens is 1070 g/mol. The van der Waals surface area contributed by atoms with Gasteiger partial charge in [-0.1, -0.05) is 277 Å². The number of nitrogens with one attached hydrogen (secondary N) is 1. The highest BCUT2D eigenvalue weighted by atomic mass is 31.2. The van der Waals surface area contributed by atoms with Gasteiger partial charge in [-0.25, -0.2) is 0 Å². The number of amides is 1. The quantitative estimate of drug-likeness (QED) is 0.0212. The molecule has 3 atom stereocenters. The first-order chi connectivity index (χ1) is 41.4. The van der Waals surface area contributed by atoms with Crippen LogP contribution in [0.1, 0.15) is 290 Å². The van der Waals surface area contributed by atoms with Crippen LogP contribution in [-0.2, 0) is 27.9 Å². The summed E-state index contributed by atoms with van der Waals surface area (Å²) in [6, 6.07) is -0.912. The van der Waals surface area contributed by atoms with Crippen molar-refractivity contribution in [2.75, 3.05) is 40.9 Å². The van der Waals surface area contributed by atoms with E-state index in [0.717, 1.165) is 122 Å². The summed E-state index contributed by atoms with van der Waals surface area (Å²) in [5.41, 5.74) is 0. The highest BCUT2D eigenvalue weighted by Crippen LogP contribution is 2.38. The number of likely N-dealkylation sites (N-methyl/N-ethyl adjacent to an activating group) is 1. The lowest BCUT2D eigenvalue weighted by Gasteiger charge is -2.30. The van der Waals surface area contributed by atoms with Crippen molar-refractivity contribution in [3.63, 3.8) is 0 Å². The standard InChI is InChI=1S/C75H131N2O7P/c1-7-10-13-16-19-22-25-28-30-32-34-35-36-37-38-39-40-41-43-44-46-49-52-55-58-61-64-67-74(78)76-72(71-83-85(80,81)82-70-69-77(4,5)6)73(66-63-60-57-54-51-48-27-24-21-18-15-12-9-3)84-75(79)68-65-62-59-56-53-50-47-45-42-33-31-29-26-23-20-17-14-11-8-2/h10,13,19-20,22-23,28-31,34-35,37-38,42,45,50,53,63,66,72-73H,7-9,11-12,14-18,21,24-27,32-33,36,39-41,43-44,46-49,51-52,54-62,64-65,67-71H2,1-6H3,(H-,76,78,80,81)/b13-10-,22-19-,23-20-,30-28-,31-29-,35-34-,38-37-,45-42-,53-50-,66-63-. The molecule has 0 spiro atoms. The summed E-state index contributed by atoms with van der Waals surface area (Å²) in [4.78, 5) is 40.2. The molecule has 0 aromatic carbocycles. The maximum atomic E-state index is 13.6. The smallest absolute Gasteiger partial charge is 0.306 e. The number of nitrogens with zero attached hydrogens (tertiary/aromatic N) is 1. The molecule has 1 amide bonds. The Labute approximate surface area is 524 Å². The Kier molecular flexibility index (Phi) is 60.8. The van der Waals surface area contributed by atoms with Crippen molar-refractivity contribution >= 4 is 19.7 Å². The van der Waals surface area contributed by atoms with Crippen LogP contribution in [0.15, 0.2) is 122 Å². The first-order valence-corrected chi connectivity index (χ1v) is 36.3. The van der Waals surface area contributed by atoms with Crippen LogP contribution in [0.3, 0.4) is 0 Å². The van der Waals surface area contributed by atoms with Crippen molar-refractivity contribution in [3.05, 3.63) is 122 Å². The molecule has 3 unspecified atom stereocenters. The second-order valence-electron chi connectivity index (χ2n) is 24.3. The maximum Gasteiger partial charge on any atom is 0.306 e. The van der Waals surface area contributed by atoms with E-state index in [0.29, 0.717) is 23.9 Å². The molecule has 0 rings (SSSR count). The fourth-order valence-corrected chi connectivity index (χ4v) is 10.3. The van der Waals surface area contributed by atoms with Crippen molar-refractivity contribution in [2.45, 2.75) is 303 Å². The molecule has 85 heavy (non-hydrogen) atoms. The molecule has 0 aromatic rings. The first-order valence-electron chi connectivity index (χ1n) is 34.8. The monoisotopic (exact) mass is 1200 g/mol. The molecule has 0 bridgehead atoms. The number of phosphoric ester groups is 1. The third kappa shape index (κ3) is 64.7. The van der Waals surface area contributed by atoms with E-state index in [4.69, 9.17) is 13.8 Å². The second kappa shape index (κ2) is 63.4. The molecule has 1 N–H and O–H groups in total. The van der Waals surface area contributed by atoms with E-state index in [1.54, 1.807) is 0 Å². The zero-order chi connectivity index (χ0) is 62.1. The highest BCUT2D eigenvalue weighted by Gasteiger charge is 2.27. The summed E-state index contributed by atoms with van der Waals surface area (Å²) in [5, 5.41) is 3.03. The van der Waals surface area contributed by atoms with E-state index in [9.17, 15) is 19.0 Å². The number of unbranched alkanes of at least 4 members (excludes halogenated alkanes) is 28. The van der Waals surface area contributed by atoms with Crippen LogP contribution in [0, 0.1) is 0 Å². The minimum atomic E-state index is -4.72. The van der Waals surface area contributed by atoms with Crippen molar-refractivity contribution in [2.24, 2.45) is 0 Å². The van der Waals surface area contributed by atoms with Gasteiger partial charge in [0, 0.05) is 12.8 Å². The molecule has 9 nitrogen and oxygen atoms in total. The van der Waals surface area contributed by atoms with E-state index < -0.39 is 26.6 Å².